The van der Waals surface area contributed by atoms with Gasteiger partial charge in [-0.05, 0) is 61.2 Å². The number of hydrogen-bond donors (Lipinski definition) is 1. The number of thiazole rings is 1. The monoisotopic (exact) mass is 638 g/mol. The third-order valence-corrected chi connectivity index (χ3v) is 8.20. The lowest BCUT2D eigenvalue weighted by atomic mass is 9.94. The highest BCUT2D eigenvalue weighted by Gasteiger charge is 2.49. The van der Waals surface area contributed by atoms with Gasteiger partial charge in [-0.1, -0.05) is 38.5 Å². The van der Waals surface area contributed by atoms with Gasteiger partial charge in [0.25, 0.3) is 5.78 Å². The summed E-state index contributed by atoms with van der Waals surface area (Å²) >= 11 is 0.928. The Balaban J connectivity index is 1.88. The quantitative estimate of drug-likeness (QED) is 0.0770. The second-order valence-corrected chi connectivity index (χ2v) is 11.7. The molecular formula is C33H38N2O9S. The van der Waals surface area contributed by atoms with Gasteiger partial charge in [-0.2, -0.15) is 0 Å². The number of amides is 1. The van der Waals surface area contributed by atoms with Crippen LogP contribution < -0.4 is 23.8 Å². The number of aliphatic hydroxyl groups is 1. The van der Waals surface area contributed by atoms with Gasteiger partial charge in [0.2, 0.25) is 5.75 Å². The average molecular weight is 639 g/mol. The number of anilines is 1. The zero-order valence-electron chi connectivity index (χ0n) is 26.5. The van der Waals surface area contributed by atoms with Crippen LogP contribution in [0.15, 0.2) is 42.0 Å². The van der Waals surface area contributed by atoms with Crippen LogP contribution >= 0.6 is 11.3 Å². The molecule has 1 fully saturated rings. The summed E-state index contributed by atoms with van der Waals surface area (Å²) in [6.07, 6.45) is 1.88. The molecule has 2 heterocycles. The minimum atomic E-state index is -1.16. The first kappa shape index (κ1) is 33.3. The molecule has 2 aromatic carbocycles. The van der Waals surface area contributed by atoms with E-state index in [2.05, 4.69) is 11.9 Å². The minimum Gasteiger partial charge on any atom is -0.507 e. The Labute approximate surface area is 266 Å². The molecule has 240 valence electrons. The van der Waals surface area contributed by atoms with Gasteiger partial charge in [-0.15, -0.1) is 0 Å². The van der Waals surface area contributed by atoms with Crippen molar-refractivity contribution in [1.29, 1.82) is 0 Å². The van der Waals surface area contributed by atoms with Gasteiger partial charge in [0, 0.05) is 5.56 Å². The van der Waals surface area contributed by atoms with Crippen LogP contribution in [-0.4, -0.2) is 62.3 Å². The number of rotatable bonds is 13. The number of hydrogen-bond acceptors (Lipinski definition) is 11. The van der Waals surface area contributed by atoms with E-state index in [1.54, 1.807) is 43.3 Å². The second-order valence-electron chi connectivity index (χ2n) is 10.8. The van der Waals surface area contributed by atoms with Crippen LogP contribution in [0.5, 0.6) is 23.0 Å². The van der Waals surface area contributed by atoms with Crippen molar-refractivity contribution in [1.82, 2.24) is 4.98 Å². The Morgan fingerprint density at radius 2 is 1.69 bits per heavy atom. The fraction of sp³-hybridized carbons (Fsp3) is 0.394. The lowest BCUT2D eigenvalue weighted by molar-refractivity contribution is -0.132. The summed E-state index contributed by atoms with van der Waals surface area (Å²) in [4.78, 5) is 46.2. The van der Waals surface area contributed by atoms with Crippen molar-refractivity contribution in [3.05, 3.63) is 63.7 Å². The molecule has 1 atom stereocenters. The number of benzene rings is 2. The SMILES string of the molecule is CCCCOc1ccc(/C(O)=C2\C(=O)C(=O)N(c3nc(C)c(C(=O)OCC(C)C)s3)C2c2cc(OC)c(OC)c(OC)c2)cc1. The normalized spacial score (nSPS) is 15.8. The number of carbonyl (C=O) groups is 3. The summed E-state index contributed by atoms with van der Waals surface area (Å²) in [6.45, 7) is 8.29. The van der Waals surface area contributed by atoms with E-state index in [0.717, 1.165) is 24.2 Å². The summed E-state index contributed by atoms with van der Waals surface area (Å²) in [5.74, 6) is -1.23. The van der Waals surface area contributed by atoms with Crippen molar-refractivity contribution in [2.24, 2.45) is 5.92 Å². The predicted octanol–water partition coefficient (Wildman–Crippen LogP) is 6.10. The van der Waals surface area contributed by atoms with Gasteiger partial charge in [0.15, 0.2) is 16.6 Å². The van der Waals surface area contributed by atoms with Crippen LogP contribution in [0.2, 0.25) is 0 Å². The van der Waals surface area contributed by atoms with Crippen molar-refractivity contribution in [3.8, 4) is 23.0 Å². The van der Waals surface area contributed by atoms with Crippen molar-refractivity contribution < 1.29 is 43.2 Å². The average Bonchev–Trinajstić information content (AvgIpc) is 3.54. The molecule has 1 amide bonds. The number of aliphatic hydroxyl groups excluding tert-OH is 1. The van der Waals surface area contributed by atoms with E-state index >= 15 is 0 Å². The Hall–Kier alpha value is -4.58. The summed E-state index contributed by atoms with van der Waals surface area (Å²) in [6, 6.07) is 8.65. The molecule has 11 nitrogen and oxygen atoms in total. The summed E-state index contributed by atoms with van der Waals surface area (Å²) in [7, 11) is 4.35. The van der Waals surface area contributed by atoms with Gasteiger partial charge < -0.3 is 28.8 Å². The van der Waals surface area contributed by atoms with Gasteiger partial charge in [0.1, 0.15) is 16.4 Å². The van der Waals surface area contributed by atoms with E-state index in [9.17, 15) is 19.5 Å². The number of aryl methyl sites for hydroxylation is 1. The lowest BCUT2D eigenvalue weighted by Gasteiger charge is -2.24. The maximum Gasteiger partial charge on any atom is 0.350 e. The second kappa shape index (κ2) is 14.5. The molecule has 0 aliphatic carbocycles. The van der Waals surface area contributed by atoms with Crippen LogP contribution in [0.25, 0.3) is 5.76 Å². The highest BCUT2D eigenvalue weighted by molar-refractivity contribution is 7.17. The number of Topliss-reactive ketones (excluding diaryl/α,β-unsaturated/α-hetero) is 1. The number of ether oxygens (including phenoxy) is 5. The molecule has 1 unspecified atom stereocenters. The molecule has 3 aromatic rings. The molecule has 0 saturated carbocycles. The molecular weight excluding hydrogens is 600 g/mol. The Morgan fingerprint density at radius 3 is 2.24 bits per heavy atom. The number of methoxy groups -OCH3 is 3. The van der Waals surface area contributed by atoms with E-state index in [0.29, 0.717) is 34.9 Å². The molecule has 1 aliphatic heterocycles. The number of carbonyl (C=O) groups excluding carboxylic acids is 3. The molecule has 12 heteroatoms. The van der Waals surface area contributed by atoms with E-state index < -0.39 is 23.7 Å². The number of unbranched alkanes of at least 4 members (excludes halogenated alkanes) is 1. The lowest BCUT2D eigenvalue weighted by Crippen LogP contribution is -2.29. The number of esters is 1. The predicted molar refractivity (Wildman–Crippen MR) is 170 cm³/mol. The van der Waals surface area contributed by atoms with Crippen molar-refractivity contribution >= 4 is 39.9 Å². The number of nitrogens with zero attached hydrogens (tertiary/aromatic N) is 2. The number of ketones is 1. The highest BCUT2D eigenvalue weighted by Crippen LogP contribution is 2.48. The molecule has 1 N–H and O–H groups in total. The number of aromatic nitrogens is 1. The third kappa shape index (κ3) is 6.90. The van der Waals surface area contributed by atoms with Crippen LogP contribution in [-0.2, 0) is 14.3 Å². The van der Waals surface area contributed by atoms with Crippen molar-refractivity contribution in [3.63, 3.8) is 0 Å². The molecule has 1 saturated heterocycles. The maximum atomic E-state index is 13.7. The van der Waals surface area contributed by atoms with Gasteiger partial charge in [-0.25, -0.2) is 9.78 Å². The van der Waals surface area contributed by atoms with Gasteiger partial charge in [0.05, 0.1) is 51.9 Å². The largest absolute Gasteiger partial charge is 0.507 e. The molecule has 0 bridgehead atoms. The molecule has 0 radical (unpaired) electrons. The zero-order valence-corrected chi connectivity index (χ0v) is 27.3. The zero-order chi connectivity index (χ0) is 32.8. The van der Waals surface area contributed by atoms with Crippen LogP contribution in [0.4, 0.5) is 5.13 Å². The maximum absolute atomic E-state index is 13.7. The standard InChI is InChI=1S/C33H38N2O9S/c1-8-9-14-43-22-12-10-20(11-13-22)27(36)25-26(21-15-23(40-5)29(42-7)24(16-21)41-6)35(31(38)28(25)37)33-34-19(4)30(45-33)32(39)44-17-18(2)3/h10-13,15-16,18,26,36H,8-9,14,17H2,1-7H3/b27-25+. The molecule has 45 heavy (non-hydrogen) atoms. The van der Waals surface area contributed by atoms with E-state index in [1.165, 1.54) is 26.2 Å². The molecule has 4 rings (SSSR count). The van der Waals surface area contributed by atoms with E-state index in [-0.39, 0.29) is 45.4 Å². The summed E-state index contributed by atoms with van der Waals surface area (Å²) in [5, 5.41) is 11.7. The third-order valence-electron chi connectivity index (χ3n) is 7.07. The Kier molecular flexibility index (Phi) is 10.7. The van der Waals surface area contributed by atoms with Crippen LogP contribution in [0.3, 0.4) is 0 Å². The fourth-order valence-electron chi connectivity index (χ4n) is 4.79. The van der Waals surface area contributed by atoms with Crippen LogP contribution in [0.1, 0.15) is 66.1 Å². The van der Waals surface area contributed by atoms with Gasteiger partial charge in [-0.3, -0.25) is 14.5 Å². The van der Waals surface area contributed by atoms with Crippen molar-refractivity contribution in [2.45, 2.75) is 46.6 Å². The van der Waals surface area contributed by atoms with E-state index in [4.69, 9.17) is 23.7 Å². The van der Waals surface area contributed by atoms with Crippen LogP contribution in [0, 0.1) is 12.8 Å². The first-order valence-corrected chi connectivity index (χ1v) is 15.4. The van der Waals surface area contributed by atoms with Crippen molar-refractivity contribution in [2.75, 3.05) is 39.4 Å². The Bertz CT molecular complexity index is 1570. The van der Waals surface area contributed by atoms with E-state index in [1.807, 2.05) is 13.8 Å². The topological polar surface area (TPSA) is 134 Å². The molecule has 1 aromatic heterocycles. The smallest absolute Gasteiger partial charge is 0.350 e. The molecule has 1 aliphatic rings. The Morgan fingerprint density at radius 1 is 1.04 bits per heavy atom. The first-order chi connectivity index (χ1) is 21.6. The fourth-order valence-corrected chi connectivity index (χ4v) is 5.77. The summed E-state index contributed by atoms with van der Waals surface area (Å²) < 4.78 is 27.7. The first-order valence-electron chi connectivity index (χ1n) is 14.5. The van der Waals surface area contributed by atoms with Gasteiger partial charge >= 0.3 is 11.9 Å². The summed E-state index contributed by atoms with van der Waals surface area (Å²) in [5.41, 5.74) is 0.849. The highest BCUT2D eigenvalue weighted by atomic mass is 32.1. The molecule has 0 spiro atoms. The minimum absolute atomic E-state index is 0.0866.